The zero-order chi connectivity index (χ0) is 27.3. The molecule has 0 nitrogen and oxygen atoms in total. The quantitative estimate of drug-likeness (QED) is 0.0747. The second-order valence-corrected chi connectivity index (χ2v) is 12.0. The van der Waals surface area contributed by atoms with Crippen LogP contribution < -0.4 is 21.2 Å². The Balaban J connectivity index is 0.000000251. The van der Waals surface area contributed by atoms with Crippen LogP contribution >= 0.6 is 36.2 Å². The van der Waals surface area contributed by atoms with Crippen LogP contribution in [0.25, 0.3) is 0 Å². The van der Waals surface area contributed by atoms with Gasteiger partial charge < -0.3 is 0 Å². The second kappa shape index (κ2) is 20.9. The van der Waals surface area contributed by atoms with E-state index in [2.05, 4.69) is 182 Å². The topological polar surface area (TPSA) is 0 Å². The van der Waals surface area contributed by atoms with Crippen molar-refractivity contribution in [3.8, 4) is 0 Å². The first-order valence-corrected chi connectivity index (χ1v) is 18.2. The van der Waals surface area contributed by atoms with Gasteiger partial charge in [0.2, 0.25) is 0 Å². The van der Waals surface area contributed by atoms with Gasteiger partial charge in [-0.05, 0) is 50.9 Å². The van der Waals surface area contributed by atoms with Crippen LogP contribution in [0.1, 0.15) is 13.8 Å². The fourth-order valence-electron chi connectivity index (χ4n) is 3.49. The monoisotopic (exact) mass is 694 g/mol. The van der Waals surface area contributed by atoms with E-state index in [-0.39, 0.29) is 0 Å². The van der Waals surface area contributed by atoms with E-state index in [1.807, 2.05) is 13.8 Å². The van der Waals surface area contributed by atoms with Crippen molar-refractivity contribution in [2.24, 2.45) is 0 Å². The SMILES string of the molecule is C/C=C/C=C\P(c1ccccc1)c1ccccc1.C/C=C/C=C\P(c1ccccc1)c1ccccc1.[Cu][I]. The van der Waals surface area contributed by atoms with Crippen molar-refractivity contribution >= 4 is 57.4 Å². The molecule has 0 aliphatic carbocycles. The summed E-state index contributed by atoms with van der Waals surface area (Å²) in [6.45, 7) is 4.08. The molecule has 0 aliphatic rings. The van der Waals surface area contributed by atoms with Crippen LogP contribution in [-0.4, -0.2) is 0 Å². The van der Waals surface area contributed by atoms with E-state index in [4.69, 9.17) is 0 Å². The Bertz CT molecular complexity index is 1060. The normalized spacial score (nSPS) is 11.2. The van der Waals surface area contributed by atoms with Gasteiger partial charge in [-0.2, -0.15) is 0 Å². The molecule has 0 amide bonds. The van der Waals surface area contributed by atoms with E-state index >= 15 is 0 Å². The third-order valence-electron chi connectivity index (χ3n) is 5.21. The van der Waals surface area contributed by atoms with E-state index in [1.54, 1.807) is 20.3 Å². The summed E-state index contributed by atoms with van der Waals surface area (Å²) in [6, 6.07) is 42.8. The number of allylic oxidation sites excluding steroid dienone is 6. The van der Waals surface area contributed by atoms with Gasteiger partial charge in [0.1, 0.15) is 0 Å². The molecular weight excluding hydrogens is 661 g/mol. The van der Waals surface area contributed by atoms with Gasteiger partial charge >= 0.3 is 33.1 Å². The molecule has 0 saturated carbocycles. The molecule has 0 saturated heterocycles. The van der Waals surface area contributed by atoms with Crippen molar-refractivity contribution in [2.75, 3.05) is 0 Å². The van der Waals surface area contributed by atoms with Crippen LogP contribution in [0.5, 0.6) is 0 Å². The summed E-state index contributed by atoms with van der Waals surface area (Å²) < 4.78 is 0. The summed E-state index contributed by atoms with van der Waals surface area (Å²) in [5, 5.41) is 5.55. The van der Waals surface area contributed by atoms with Crippen LogP contribution in [0.4, 0.5) is 0 Å². The molecule has 4 aromatic rings. The Hall–Kier alpha value is -2.05. The van der Waals surface area contributed by atoms with E-state index < -0.39 is 15.8 Å². The van der Waals surface area contributed by atoms with E-state index in [1.165, 1.54) is 21.2 Å². The standard InChI is InChI=1S/2C17H17P.Cu.HI/c2*1-2-3-10-15-18(16-11-6-4-7-12-16)17-13-8-5-9-14-17;;/h2*2-15H,1H3;;1H/q;;+1;/p-1/b2*3-2+,15-10-;;. The van der Waals surface area contributed by atoms with Gasteiger partial charge in [-0.3, -0.25) is 0 Å². The van der Waals surface area contributed by atoms with Gasteiger partial charge in [-0.15, -0.1) is 0 Å². The average molecular weight is 695 g/mol. The molecule has 0 fully saturated rings. The van der Waals surface area contributed by atoms with Crippen molar-refractivity contribution in [3.63, 3.8) is 0 Å². The third kappa shape index (κ3) is 11.8. The fraction of sp³-hybridized carbons (Fsp3) is 0.0588. The Kier molecular flexibility index (Phi) is 17.7. The van der Waals surface area contributed by atoms with Crippen LogP contribution in [-0.2, 0) is 12.8 Å². The zero-order valence-corrected chi connectivity index (χ0v) is 26.6. The predicted molar refractivity (Wildman–Crippen MR) is 180 cm³/mol. The Morgan fingerprint density at radius 2 is 0.658 bits per heavy atom. The summed E-state index contributed by atoms with van der Waals surface area (Å²) >= 11 is 5.87. The molecule has 0 N–H and O–H groups in total. The molecule has 0 aromatic heterocycles. The molecule has 4 aromatic carbocycles. The second-order valence-electron chi connectivity index (χ2n) is 7.82. The van der Waals surface area contributed by atoms with E-state index in [0.29, 0.717) is 0 Å². The fourth-order valence-corrected chi connectivity index (χ4v) is 7.29. The molecule has 0 radical (unpaired) electrons. The van der Waals surface area contributed by atoms with Crippen molar-refractivity contribution in [1.82, 2.24) is 0 Å². The molecule has 0 bridgehead atoms. The number of hydrogen-bond donors (Lipinski definition) is 0. The third-order valence-corrected chi connectivity index (χ3v) is 9.57. The number of benzene rings is 4. The minimum atomic E-state index is -0.394. The first-order valence-electron chi connectivity index (χ1n) is 12.3. The summed E-state index contributed by atoms with van der Waals surface area (Å²) in [5.74, 6) is 4.61. The predicted octanol–water partition coefficient (Wildman–Crippen LogP) is 9.30. The van der Waals surface area contributed by atoms with Crippen molar-refractivity contribution in [1.29, 1.82) is 0 Å². The maximum absolute atomic E-state index is 4.16. The Morgan fingerprint density at radius 3 is 0.868 bits per heavy atom. The van der Waals surface area contributed by atoms with E-state index in [9.17, 15) is 0 Å². The molecule has 0 atom stereocenters. The van der Waals surface area contributed by atoms with Gasteiger partial charge in [0.05, 0.1) is 0 Å². The molecule has 4 rings (SSSR count). The summed E-state index contributed by atoms with van der Waals surface area (Å²) in [5.41, 5.74) is 0. The van der Waals surface area contributed by atoms with Crippen LogP contribution in [0.2, 0.25) is 0 Å². The van der Waals surface area contributed by atoms with Gasteiger partial charge in [-0.25, -0.2) is 0 Å². The van der Waals surface area contributed by atoms with Crippen LogP contribution in [0.15, 0.2) is 169 Å². The molecule has 4 heteroatoms. The van der Waals surface area contributed by atoms with Gasteiger partial charge in [0.25, 0.3) is 0 Å². The zero-order valence-electron chi connectivity index (χ0n) is 21.7. The number of halogens is 1. The van der Waals surface area contributed by atoms with Crippen LogP contribution in [0, 0.1) is 0 Å². The number of rotatable bonds is 8. The van der Waals surface area contributed by atoms with E-state index in [0.717, 1.165) is 0 Å². The molecule has 0 heterocycles. The van der Waals surface area contributed by atoms with Crippen LogP contribution in [0.3, 0.4) is 0 Å². The van der Waals surface area contributed by atoms with Gasteiger partial charge in [0, 0.05) is 0 Å². The Labute approximate surface area is 251 Å². The first-order chi connectivity index (χ1) is 18.8. The molecule has 0 aliphatic heterocycles. The minimum absolute atomic E-state index is 0.394. The van der Waals surface area contributed by atoms with Crippen molar-refractivity contribution in [2.45, 2.75) is 13.8 Å². The summed E-state index contributed by atoms with van der Waals surface area (Å²) in [6.07, 6.45) is 12.6. The Morgan fingerprint density at radius 1 is 0.421 bits per heavy atom. The first kappa shape index (κ1) is 32.2. The summed E-state index contributed by atoms with van der Waals surface area (Å²) in [7, 11) is -0.789. The molecule has 0 spiro atoms. The molecule has 0 unspecified atom stereocenters. The molecule has 198 valence electrons. The van der Waals surface area contributed by atoms with Gasteiger partial charge in [-0.1, -0.05) is 169 Å². The maximum atomic E-state index is 4.16. The van der Waals surface area contributed by atoms with Gasteiger partial charge in [0.15, 0.2) is 0 Å². The number of hydrogen-bond acceptors (Lipinski definition) is 0. The summed E-state index contributed by atoms with van der Waals surface area (Å²) in [4.78, 5) is 0. The molecule has 38 heavy (non-hydrogen) atoms. The molecular formula is C34H34CuIP2. The van der Waals surface area contributed by atoms with Crippen molar-refractivity contribution < 1.29 is 12.8 Å². The van der Waals surface area contributed by atoms with Crippen molar-refractivity contribution in [3.05, 3.63) is 169 Å². The average Bonchev–Trinajstić information content (AvgIpc) is 3.01.